The summed E-state index contributed by atoms with van der Waals surface area (Å²) >= 11 is 1.22. The van der Waals surface area contributed by atoms with Crippen LogP contribution in [0, 0.1) is 0 Å². The van der Waals surface area contributed by atoms with Crippen LogP contribution in [0.1, 0.15) is 36.2 Å². The Labute approximate surface area is 101 Å². The number of ether oxygens (including phenoxy) is 1. The van der Waals surface area contributed by atoms with Gasteiger partial charge in [-0.3, -0.25) is 0 Å². The lowest BCUT2D eigenvalue weighted by molar-refractivity contribution is 0.0587. The van der Waals surface area contributed by atoms with Gasteiger partial charge in [-0.25, -0.2) is 9.78 Å². The van der Waals surface area contributed by atoms with Crippen LogP contribution in [0.3, 0.4) is 0 Å². The van der Waals surface area contributed by atoms with E-state index in [2.05, 4.69) is 29.3 Å². The lowest BCUT2D eigenvalue weighted by atomic mass is 10.2. The average molecular weight is 253 g/mol. The van der Waals surface area contributed by atoms with Crippen LogP contribution < -0.4 is 0 Å². The molecule has 0 aliphatic rings. The summed E-state index contributed by atoms with van der Waals surface area (Å²) in [6, 6.07) is 0. The summed E-state index contributed by atoms with van der Waals surface area (Å²) in [5.41, 5.74) is 0. The highest BCUT2D eigenvalue weighted by Gasteiger charge is 2.16. The van der Waals surface area contributed by atoms with Gasteiger partial charge in [-0.1, -0.05) is 13.8 Å². The van der Waals surface area contributed by atoms with E-state index in [1.54, 1.807) is 0 Å². The fourth-order valence-corrected chi connectivity index (χ4v) is 1.86. The van der Waals surface area contributed by atoms with E-state index in [1.165, 1.54) is 18.6 Å². The van der Waals surface area contributed by atoms with E-state index in [0.29, 0.717) is 10.8 Å². The van der Waals surface area contributed by atoms with Crippen molar-refractivity contribution in [2.24, 2.45) is 0 Å². The second kappa shape index (κ2) is 4.58. The standard InChI is InChI=1S/C9H11N5O2S/c1-4(2)5-11-8(17-14-5)6-10-7(13-12-6)9(15)16-3/h4H,1-3H3,(H,10,12,13). The van der Waals surface area contributed by atoms with Gasteiger partial charge in [0.2, 0.25) is 5.82 Å². The van der Waals surface area contributed by atoms with Gasteiger partial charge in [0.15, 0.2) is 10.8 Å². The number of hydrogen-bond acceptors (Lipinski definition) is 7. The zero-order chi connectivity index (χ0) is 12.4. The molecule has 0 saturated heterocycles. The first-order chi connectivity index (χ1) is 8.11. The van der Waals surface area contributed by atoms with Gasteiger partial charge < -0.3 is 9.72 Å². The lowest BCUT2D eigenvalue weighted by Crippen LogP contribution is -2.03. The third kappa shape index (κ3) is 2.31. The summed E-state index contributed by atoms with van der Waals surface area (Å²) in [4.78, 5) is 18.2. The van der Waals surface area contributed by atoms with Gasteiger partial charge >= 0.3 is 5.97 Å². The molecule has 0 unspecified atom stereocenters. The lowest BCUT2D eigenvalue weighted by Gasteiger charge is -1.93. The maximum absolute atomic E-state index is 11.2. The first-order valence-electron chi connectivity index (χ1n) is 4.96. The van der Waals surface area contributed by atoms with Crippen molar-refractivity contribution in [3.63, 3.8) is 0 Å². The fraction of sp³-hybridized carbons (Fsp3) is 0.444. The summed E-state index contributed by atoms with van der Waals surface area (Å²) in [6.07, 6.45) is 0. The first-order valence-corrected chi connectivity index (χ1v) is 5.74. The molecule has 2 aromatic rings. The molecule has 0 fully saturated rings. The Morgan fingerprint density at radius 1 is 1.41 bits per heavy atom. The van der Waals surface area contributed by atoms with Crippen molar-refractivity contribution in [2.75, 3.05) is 7.11 Å². The summed E-state index contributed by atoms with van der Waals surface area (Å²) in [7, 11) is 1.28. The van der Waals surface area contributed by atoms with Gasteiger partial charge in [-0.15, -0.1) is 10.2 Å². The topological polar surface area (TPSA) is 93.7 Å². The number of H-pyrrole nitrogens is 1. The molecular formula is C9H11N5O2S. The number of carbonyl (C=O) groups excluding carboxylic acids is 1. The van der Waals surface area contributed by atoms with E-state index in [-0.39, 0.29) is 11.7 Å². The molecule has 0 aliphatic carbocycles. The molecule has 2 heterocycles. The zero-order valence-electron chi connectivity index (χ0n) is 9.59. The Hall–Kier alpha value is -1.83. The van der Waals surface area contributed by atoms with Crippen molar-refractivity contribution in [3.05, 3.63) is 11.6 Å². The van der Waals surface area contributed by atoms with Gasteiger partial charge in [0, 0.05) is 5.92 Å². The Morgan fingerprint density at radius 3 is 2.76 bits per heavy atom. The van der Waals surface area contributed by atoms with Crippen LogP contribution in [0.25, 0.3) is 10.8 Å². The van der Waals surface area contributed by atoms with E-state index in [4.69, 9.17) is 0 Å². The molecule has 0 amide bonds. The van der Waals surface area contributed by atoms with Crippen molar-refractivity contribution in [1.82, 2.24) is 24.5 Å². The summed E-state index contributed by atoms with van der Waals surface area (Å²) in [5, 5.41) is 8.11. The number of aromatic amines is 1. The number of nitrogens with zero attached hydrogens (tertiary/aromatic N) is 4. The number of methoxy groups -OCH3 is 1. The van der Waals surface area contributed by atoms with E-state index in [0.717, 1.165) is 5.82 Å². The summed E-state index contributed by atoms with van der Waals surface area (Å²) < 4.78 is 8.72. The maximum atomic E-state index is 11.2. The molecule has 17 heavy (non-hydrogen) atoms. The minimum atomic E-state index is -0.558. The average Bonchev–Trinajstić information content (AvgIpc) is 2.95. The predicted octanol–water partition coefficient (Wildman–Crippen LogP) is 1.23. The van der Waals surface area contributed by atoms with Crippen molar-refractivity contribution >= 4 is 17.5 Å². The van der Waals surface area contributed by atoms with Crippen molar-refractivity contribution in [3.8, 4) is 10.8 Å². The second-order valence-electron chi connectivity index (χ2n) is 3.63. The van der Waals surface area contributed by atoms with Crippen molar-refractivity contribution in [1.29, 1.82) is 0 Å². The van der Waals surface area contributed by atoms with Crippen LogP contribution in [-0.4, -0.2) is 37.6 Å². The van der Waals surface area contributed by atoms with Crippen LogP contribution in [0.2, 0.25) is 0 Å². The van der Waals surface area contributed by atoms with Gasteiger partial charge in [0.25, 0.3) is 0 Å². The van der Waals surface area contributed by atoms with Gasteiger partial charge in [0.1, 0.15) is 5.82 Å². The molecule has 0 saturated carbocycles. The molecule has 7 nitrogen and oxygen atoms in total. The van der Waals surface area contributed by atoms with E-state index >= 15 is 0 Å². The predicted molar refractivity (Wildman–Crippen MR) is 60.7 cm³/mol. The fourth-order valence-electron chi connectivity index (χ4n) is 1.11. The molecule has 2 aromatic heterocycles. The number of aromatic nitrogens is 5. The highest BCUT2D eigenvalue weighted by molar-refractivity contribution is 7.09. The zero-order valence-corrected chi connectivity index (χ0v) is 10.4. The monoisotopic (exact) mass is 253 g/mol. The Morgan fingerprint density at radius 2 is 2.18 bits per heavy atom. The second-order valence-corrected chi connectivity index (χ2v) is 4.38. The van der Waals surface area contributed by atoms with Crippen LogP contribution in [-0.2, 0) is 4.74 Å². The largest absolute Gasteiger partial charge is 0.463 e. The summed E-state index contributed by atoms with van der Waals surface area (Å²) in [6.45, 7) is 4.01. The van der Waals surface area contributed by atoms with Crippen LogP contribution >= 0.6 is 11.5 Å². The number of rotatable bonds is 3. The molecule has 8 heteroatoms. The number of hydrogen-bond donors (Lipinski definition) is 1. The Balaban J connectivity index is 2.27. The smallest absolute Gasteiger partial charge is 0.376 e. The van der Waals surface area contributed by atoms with Crippen LogP contribution in [0.5, 0.6) is 0 Å². The van der Waals surface area contributed by atoms with Gasteiger partial charge in [0.05, 0.1) is 7.11 Å². The molecule has 2 rings (SSSR count). The van der Waals surface area contributed by atoms with Gasteiger partial charge in [-0.05, 0) is 11.5 Å². The first kappa shape index (κ1) is 11.6. The van der Waals surface area contributed by atoms with E-state index in [1.807, 2.05) is 13.8 Å². The highest BCUT2D eigenvalue weighted by atomic mass is 32.1. The Bertz CT molecular complexity index is 533. The summed E-state index contributed by atoms with van der Waals surface area (Å²) in [5.74, 6) is 0.931. The van der Waals surface area contributed by atoms with Crippen molar-refractivity contribution in [2.45, 2.75) is 19.8 Å². The number of carbonyl (C=O) groups is 1. The van der Waals surface area contributed by atoms with Crippen LogP contribution in [0.4, 0.5) is 0 Å². The SMILES string of the molecule is COC(=O)c1nnc(-c2nc(C(C)C)ns2)[nH]1. The minimum Gasteiger partial charge on any atom is -0.463 e. The minimum absolute atomic E-state index is 0.0591. The normalized spacial score (nSPS) is 10.8. The molecule has 0 aliphatic heterocycles. The van der Waals surface area contributed by atoms with Crippen molar-refractivity contribution < 1.29 is 9.53 Å². The van der Waals surface area contributed by atoms with E-state index in [9.17, 15) is 4.79 Å². The molecule has 0 atom stereocenters. The number of esters is 1. The van der Waals surface area contributed by atoms with E-state index < -0.39 is 5.97 Å². The third-order valence-corrected chi connectivity index (χ3v) is 2.76. The molecule has 1 N–H and O–H groups in total. The number of nitrogens with one attached hydrogen (secondary N) is 1. The Kier molecular flexibility index (Phi) is 3.14. The quantitative estimate of drug-likeness (QED) is 0.827. The molecule has 0 radical (unpaired) electrons. The molecule has 0 aromatic carbocycles. The highest BCUT2D eigenvalue weighted by Crippen LogP contribution is 2.20. The van der Waals surface area contributed by atoms with Crippen LogP contribution in [0.15, 0.2) is 0 Å². The maximum Gasteiger partial charge on any atom is 0.376 e. The van der Waals surface area contributed by atoms with Gasteiger partial charge in [-0.2, -0.15) is 4.37 Å². The molecule has 90 valence electrons. The molecule has 0 bridgehead atoms. The molecular weight excluding hydrogens is 242 g/mol. The third-order valence-electron chi connectivity index (χ3n) is 2.03. The molecule has 0 spiro atoms.